The lowest BCUT2D eigenvalue weighted by molar-refractivity contribution is 0.0480. The lowest BCUT2D eigenvalue weighted by Crippen LogP contribution is -2.46. The number of aromatic nitrogens is 1. The Hall–Kier alpha value is -0.160. The zero-order chi connectivity index (χ0) is 11.2. The van der Waals surface area contributed by atoms with Gasteiger partial charge in [0, 0.05) is 29.7 Å². The zero-order valence-corrected chi connectivity index (χ0v) is 10.6. The Balaban J connectivity index is 1.76. The maximum atomic E-state index is 9.62. The molecule has 2 atom stereocenters. The highest BCUT2D eigenvalue weighted by atomic mass is 35.5. The molecule has 2 bridgehead atoms. The molecule has 1 aliphatic carbocycles. The highest BCUT2D eigenvalue weighted by molar-refractivity contribution is 7.15. The van der Waals surface area contributed by atoms with Crippen LogP contribution in [0, 0.1) is 5.92 Å². The Morgan fingerprint density at radius 3 is 3.19 bits per heavy atom. The molecule has 5 heteroatoms. The largest absolute Gasteiger partial charge is 0.394 e. The number of thiazole rings is 1. The second-order valence-corrected chi connectivity index (χ2v) is 6.65. The SMILES string of the molecule is OCC12CCC(CN1Cc1cnc(Cl)s1)C2. The predicted molar refractivity (Wildman–Crippen MR) is 64.7 cm³/mol. The summed E-state index contributed by atoms with van der Waals surface area (Å²) in [5.74, 6) is 0.788. The Morgan fingerprint density at radius 1 is 1.69 bits per heavy atom. The van der Waals surface area contributed by atoms with Crippen LogP contribution in [0.1, 0.15) is 24.1 Å². The molecular formula is C11H15ClN2OS. The van der Waals surface area contributed by atoms with Crippen molar-refractivity contribution in [3.05, 3.63) is 15.5 Å². The van der Waals surface area contributed by atoms with Crippen LogP contribution < -0.4 is 0 Å². The first-order valence-corrected chi connectivity index (χ1v) is 6.87. The third-order valence-corrected chi connectivity index (χ3v) is 5.10. The topological polar surface area (TPSA) is 36.4 Å². The minimum Gasteiger partial charge on any atom is -0.394 e. The van der Waals surface area contributed by atoms with Gasteiger partial charge in [-0.3, -0.25) is 4.90 Å². The number of likely N-dealkylation sites (tertiary alicyclic amines) is 1. The molecule has 0 radical (unpaired) electrons. The van der Waals surface area contributed by atoms with E-state index in [0.29, 0.717) is 4.47 Å². The molecule has 2 unspecified atom stereocenters. The van der Waals surface area contributed by atoms with E-state index in [2.05, 4.69) is 9.88 Å². The molecule has 0 amide bonds. The standard InChI is InChI=1S/C11H15ClN2OS/c12-10-13-4-9(16-10)6-14-5-8-1-2-11(14,3-8)7-15/h4,8,15H,1-3,5-7H2. The van der Waals surface area contributed by atoms with E-state index in [9.17, 15) is 5.11 Å². The van der Waals surface area contributed by atoms with Gasteiger partial charge in [0.25, 0.3) is 0 Å². The predicted octanol–water partition coefficient (Wildman–Crippen LogP) is 2.14. The van der Waals surface area contributed by atoms with E-state index in [-0.39, 0.29) is 12.1 Å². The van der Waals surface area contributed by atoms with Crippen molar-refractivity contribution < 1.29 is 5.11 Å². The van der Waals surface area contributed by atoms with Gasteiger partial charge in [0.15, 0.2) is 4.47 Å². The number of nitrogens with zero attached hydrogens (tertiary/aromatic N) is 2. The monoisotopic (exact) mass is 258 g/mol. The van der Waals surface area contributed by atoms with Crippen molar-refractivity contribution in [3.8, 4) is 0 Å². The van der Waals surface area contributed by atoms with Crippen LogP contribution in [-0.4, -0.2) is 33.7 Å². The summed E-state index contributed by atoms with van der Waals surface area (Å²) in [5, 5.41) is 9.62. The van der Waals surface area contributed by atoms with Crippen LogP contribution in [0.2, 0.25) is 4.47 Å². The number of fused-ring (bicyclic) bond motifs is 2. The van der Waals surface area contributed by atoms with Crippen LogP contribution >= 0.6 is 22.9 Å². The Kier molecular flexibility index (Phi) is 2.70. The second-order valence-electron chi connectivity index (χ2n) is 4.95. The third kappa shape index (κ3) is 1.68. The fourth-order valence-corrected chi connectivity index (χ4v) is 4.18. The van der Waals surface area contributed by atoms with E-state index in [1.165, 1.54) is 11.3 Å². The molecule has 3 rings (SSSR count). The quantitative estimate of drug-likeness (QED) is 0.903. The van der Waals surface area contributed by atoms with Gasteiger partial charge in [0.05, 0.1) is 6.61 Å². The lowest BCUT2D eigenvalue weighted by Gasteiger charge is -2.37. The van der Waals surface area contributed by atoms with Gasteiger partial charge in [-0.1, -0.05) is 11.6 Å². The number of hydrogen-bond acceptors (Lipinski definition) is 4. The summed E-state index contributed by atoms with van der Waals surface area (Å²) >= 11 is 7.38. The van der Waals surface area contributed by atoms with E-state index in [4.69, 9.17) is 11.6 Å². The number of rotatable bonds is 3. The van der Waals surface area contributed by atoms with Gasteiger partial charge in [-0.05, 0) is 25.2 Å². The van der Waals surface area contributed by atoms with E-state index < -0.39 is 0 Å². The van der Waals surface area contributed by atoms with Crippen molar-refractivity contribution in [2.24, 2.45) is 5.92 Å². The third-order valence-electron chi connectivity index (χ3n) is 4.00. The molecule has 1 N–H and O–H groups in total. The van der Waals surface area contributed by atoms with E-state index in [1.54, 1.807) is 11.3 Å². The highest BCUT2D eigenvalue weighted by Gasteiger charge is 2.49. The normalized spacial score (nSPS) is 33.8. The molecule has 1 aliphatic heterocycles. The average molecular weight is 259 g/mol. The molecule has 1 aromatic rings. The smallest absolute Gasteiger partial charge is 0.183 e. The van der Waals surface area contributed by atoms with E-state index in [1.807, 2.05) is 6.20 Å². The Morgan fingerprint density at radius 2 is 2.56 bits per heavy atom. The van der Waals surface area contributed by atoms with Crippen molar-refractivity contribution in [1.82, 2.24) is 9.88 Å². The van der Waals surface area contributed by atoms with Gasteiger partial charge in [-0.25, -0.2) is 4.98 Å². The molecule has 0 aromatic carbocycles. The average Bonchev–Trinajstić information content (AvgIpc) is 2.93. The fraction of sp³-hybridized carbons (Fsp3) is 0.727. The van der Waals surface area contributed by atoms with Crippen LogP contribution in [0.25, 0.3) is 0 Å². The minimum absolute atomic E-state index is 0.0567. The van der Waals surface area contributed by atoms with Gasteiger partial charge < -0.3 is 5.11 Å². The molecule has 2 aliphatic rings. The van der Waals surface area contributed by atoms with Crippen LogP contribution in [-0.2, 0) is 6.54 Å². The van der Waals surface area contributed by atoms with Crippen molar-refractivity contribution in [2.75, 3.05) is 13.2 Å². The second kappa shape index (κ2) is 3.95. The van der Waals surface area contributed by atoms with Gasteiger partial charge in [0.2, 0.25) is 0 Å². The van der Waals surface area contributed by atoms with Crippen molar-refractivity contribution in [3.63, 3.8) is 0 Å². The number of halogens is 1. The summed E-state index contributed by atoms with van der Waals surface area (Å²) in [4.78, 5) is 7.69. The maximum Gasteiger partial charge on any atom is 0.183 e. The molecule has 0 spiro atoms. The highest BCUT2D eigenvalue weighted by Crippen LogP contribution is 2.46. The fourth-order valence-electron chi connectivity index (χ4n) is 3.18. The number of piperidine rings is 1. The van der Waals surface area contributed by atoms with Crippen LogP contribution in [0.4, 0.5) is 0 Å². The molecule has 16 heavy (non-hydrogen) atoms. The molecule has 1 saturated heterocycles. The summed E-state index contributed by atoms with van der Waals surface area (Å²) < 4.78 is 0.609. The maximum absolute atomic E-state index is 9.62. The van der Waals surface area contributed by atoms with Crippen LogP contribution in [0.5, 0.6) is 0 Å². The zero-order valence-electron chi connectivity index (χ0n) is 9.03. The van der Waals surface area contributed by atoms with Gasteiger partial charge in [-0.2, -0.15) is 0 Å². The number of aliphatic hydroxyl groups excluding tert-OH is 1. The van der Waals surface area contributed by atoms with Crippen molar-refractivity contribution in [2.45, 2.75) is 31.3 Å². The van der Waals surface area contributed by atoms with E-state index >= 15 is 0 Å². The summed E-state index contributed by atoms with van der Waals surface area (Å²) in [6, 6.07) is 0. The summed E-state index contributed by atoms with van der Waals surface area (Å²) in [6.07, 6.45) is 5.43. The molecular weight excluding hydrogens is 244 g/mol. The Labute approximate surface area is 104 Å². The first-order chi connectivity index (χ1) is 7.72. The molecule has 2 fully saturated rings. The van der Waals surface area contributed by atoms with Crippen LogP contribution in [0.3, 0.4) is 0 Å². The summed E-state index contributed by atoms with van der Waals surface area (Å²) in [7, 11) is 0. The Bertz CT molecular complexity index is 397. The lowest BCUT2D eigenvalue weighted by atomic mass is 9.98. The summed E-state index contributed by atoms with van der Waals surface area (Å²) in [6.45, 7) is 2.30. The van der Waals surface area contributed by atoms with Crippen LogP contribution in [0.15, 0.2) is 6.20 Å². The van der Waals surface area contributed by atoms with Gasteiger partial charge in [0.1, 0.15) is 0 Å². The molecule has 1 aromatic heterocycles. The molecule has 1 saturated carbocycles. The van der Waals surface area contributed by atoms with Gasteiger partial charge >= 0.3 is 0 Å². The molecule has 2 heterocycles. The molecule has 88 valence electrons. The van der Waals surface area contributed by atoms with Crippen molar-refractivity contribution in [1.29, 1.82) is 0 Å². The van der Waals surface area contributed by atoms with Gasteiger partial charge in [-0.15, -0.1) is 11.3 Å². The summed E-state index contributed by atoms with van der Waals surface area (Å²) in [5.41, 5.74) is 0.0567. The van der Waals surface area contributed by atoms with E-state index in [0.717, 1.165) is 31.8 Å². The first-order valence-electron chi connectivity index (χ1n) is 5.68. The number of hydrogen-bond donors (Lipinski definition) is 1. The first kappa shape index (κ1) is 11.0. The molecule has 3 nitrogen and oxygen atoms in total. The number of aliphatic hydroxyl groups is 1. The van der Waals surface area contributed by atoms with Crippen molar-refractivity contribution >= 4 is 22.9 Å². The minimum atomic E-state index is 0.0567.